The van der Waals surface area contributed by atoms with E-state index in [9.17, 15) is 0 Å². The number of hydrogen-bond acceptors (Lipinski definition) is 4. The van der Waals surface area contributed by atoms with Crippen molar-refractivity contribution >= 4 is 5.69 Å². The Kier molecular flexibility index (Phi) is 6.12. The van der Waals surface area contributed by atoms with Gasteiger partial charge < -0.3 is 10.5 Å². The third-order valence-electron chi connectivity index (χ3n) is 2.21. The molecule has 0 saturated carbocycles. The molecule has 1 atom stereocenters. The molecule has 0 aliphatic heterocycles. The van der Waals surface area contributed by atoms with E-state index >= 15 is 0 Å². The summed E-state index contributed by atoms with van der Waals surface area (Å²) in [5, 5.41) is 8.97. The Morgan fingerprint density at radius 3 is 2.50 bits per heavy atom. The van der Waals surface area contributed by atoms with E-state index in [0.29, 0.717) is 16.9 Å². The van der Waals surface area contributed by atoms with Gasteiger partial charge in [0.2, 0.25) is 0 Å². The van der Waals surface area contributed by atoms with Crippen molar-refractivity contribution in [2.75, 3.05) is 12.8 Å². The highest BCUT2D eigenvalue weighted by Crippen LogP contribution is 2.26. The van der Waals surface area contributed by atoms with Crippen LogP contribution in [0.15, 0.2) is 6.20 Å². The van der Waals surface area contributed by atoms with Gasteiger partial charge in [-0.3, -0.25) is 4.98 Å². The van der Waals surface area contributed by atoms with Gasteiger partial charge in [-0.25, -0.2) is 0 Å². The Morgan fingerprint density at radius 2 is 2.06 bits per heavy atom. The first-order chi connectivity index (χ1) is 7.61. The molecule has 0 saturated heterocycles. The van der Waals surface area contributed by atoms with Crippen LogP contribution in [0.2, 0.25) is 0 Å². The first kappa shape index (κ1) is 14.4. The Balaban J connectivity index is 0.00000106. The van der Waals surface area contributed by atoms with Crippen LogP contribution in [0.1, 0.15) is 43.7 Å². The zero-order valence-corrected chi connectivity index (χ0v) is 10.5. The fourth-order valence-electron chi connectivity index (χ4n) is 1.34. The number of ether oxygens (including phenoxy) is 1. The summed E-state index contributed by atoms with van der Waals surface area (Å²) >= 11 is 0. The van der Waals surface area contributed by atoms with Crippen molar-refractivity contribution in [1.82, 2.24) is 4.98 Å². The molecule has 0 aliphatic carbocycles. The molecule has 88 valence electrons. The average Bonchev–Trinajstić information content (AvgIpc) is 2.33. The molecule has 0 amide bonds. The minimum atomic E-state index is -0.189. The molecular formula is C12H19N3O. The van der Waals surface area contributed by atoms with Crippen LogP contribution in [0, 0.1) is 18.3 Å². The molecule has 1 unspecified atom stereocenters. The van der Waals surface area contributed by atoms with Crippen LogP contribution in [-0.4, -0.2) is 12.1 Å². The van der Waals surface area contributed by atoms with Crippen LogP contribution in [0.25, 0.3) is 0 Å². The van der Waals surface area contributed by atoms with Crippen LogP contribution >= 0.6 is 0 Å². The summed E-state index contributed by atoms with van der Waals surface area (Å²) in [5.74, 6) is 0. The van der Waals surface area contributed by atoms with Crippen molar-refractivity contribution in [3.8, 4) is 6.07 Å². The van der Waals surface area contributed by atoms with Crippen LogP contribution in [0.5, 0.6) is 0 Å². The van der Waals surface area contributed by atoms with Crippen LogP contribution in [-0.2, 0) is 4.74 Å². The summed E-state index contributed by atoms with van der Waals surface area (Å²) in [7, 11) is 1.58. The fourth-order valence-corrected chi connectivity index (χ4v) is 1.34. The third kappa shape index (κ3) is 2.94. The predicted molar refractivity (Wildman–Crippen MR) is 64.9 cm³/mol. The van der Waals surface area contributed by atoms with Crippen molar-refractivity contribution in [3.05, 3.63) is 23.0 Å². The number of nitriles is 1. The Hall–Kier alpha value is -1.60. The van der Waals surface area contributed by atoms with E-state index in [2.05, 4.69) is 11.1 Å². The Labute approximate surface area is 97.1 Å². The van der Waals surface area contributed by atoms with Gasteiger partial charge in [0, 0.05) is 12.7 Å². The van der Waals surface area contributed by atoms with Gasteiger partial charge in [0.15, 0.2) is 0 Å². The normalized spacial score (nSPS) is 11.0. The number of pyridine rings is 1. The lowest BCUT2D eigenvalue weighted by molar-refractivity contribution is 0.120. The monoisotopic (exact) mass is 221 g/mol. The first-order valence-corrected chi connectivity index (χ1v) is 5.29. The number of rotatable bonds is 2. The molecule has 0 radical (unpaired) electrons. The molecular weight excluding hydrogens is 202 g/mol. The van der Waals surface area contributed by atoms with Gasteiger partial charge in [-0.05, 0) is 13.8 Å². The van der Waals surface area contributed by atoms with Gasteiger partial charge in [0.25, 0.3) is 0 Å². The van der Waals surface area contributed by atoms with Gasteiger partial charge in [-0.1, -0.05) is 13.8 Å². The molecule has 0 fully saturated rings. The van der Waals surface area contributed by atoms with Crippen molar-refractivity contribution in [2.24, 2.45) is 0 Å². The molecule has 0 spiro atoms. The van der Waals surface area contributed by atoms with Crippen LogP contribution < -0.4 is 5.73 Å². The summed E-state index contributed by atoms with van der Waals surface area (Å²) in [4.78, 5) is 4.02. The maximum Gasteiger partial charge on any atom is 0.102 e. The van der Waals surface area contributed by atoms with Crippen molar-refractivity contribution in [3.63, 3.8) is 0 Å². The highest BCUT2D eigenvalue weighted by molar-refractivity contribution is 5.56. The number of anilines is 1. The number of nitrogens with zero attached hydrogens (tertiary/aromatic N) is 2. The second kappa shape index (κ2) is 6.81. The van der Waals surface area contributed by atoms with Gasteiger partial charge in [-0.2, -0.15) is 5.26 Å². The maximum absolute atomic E-state index is 8.97. The molecule has 1 aromatic heterocycles. The quantitative estimate of drug-likeness (QED) is 0.833. The lowest BCUT2D eigenvalue weighted by Gasteiger charge is -2.14. The summed E-state index contributed by atoms with van der Waals surface area (Å²) in [6.45, 7) is 7.63. The molecule has 0 aliphatic rings. The zero-order chi connectivity index (χ0) is 12.7. The minimum absolute atomic E-state index is 0.189. The number of aryl methyl sites for hydroxylation is 1. The fraction of sp³-hybridized carbons (Fsp3) is 0.500. The van der Waals surface area contributed by atoms with Crippen molar-refractivity contribution < 1.29 is 4.74 Å². The number of methoxy groups -OCH3 is 1. The predicted octanol–water partition coefficient (Wildman–Crippen LogP) is 2.58. The van der Waals surface area contributed by atoms with E-state index < -0.39 is 0 Å². The van der Waals surface area contributed by atoms with E-state index in [1.165, 1.54) is 0 Å². The van der Waals surface area contributed by atoms with Gasteiger partial charge in [0.05, 0.1) is 29.2 Å². The standard InChI is InChI=1S/C10H13N3O.C2H6/c1-6-8(4-11)10(7(2)14-3)9(12)5-13-6;1-2/h5,7H,12H2,1-3H3;1-2H3. The number of hydrogen-bond donors (Lipinski definition) is 1. The summed E-state index contributed by atoms with van der Waals surface area (Å²) < 4.78 is 5.16. The molecule has 1 heterocycles. The molecule has 0 aromatic carbocycles. The first-order valence-electron chi connectivity index (χ1n) is 5.29. The third-order valence-corrected chi connectivity index (χ3v) is 2.21. The molecule has 1 rings (SSSR count). The summed E-state index contributed by atoms with van der Waals surface area (Å²) in [6, 6.07) is 2.10. The maximum atomic E-state index is 8.97. The van der Waals surface area contributed by atoms with E-state index in [1.54, 1.807) is 20.2 Å². The molecule has 4 heteroatoms. The minimum Gasteiger partial charge on any atom is -0.397 e. The molecule has 2 N–H and O–H groups in total. The number of nitrogens with two attached hydrogens (primary N) is 1. The number of nitrogen functional groups attached to an aromatic ring is 1. The van der Waals surface area contributed by atoms with Crippen LogP contribution in [0.3, 0.4) is 0 Å². The lowest BCUT2D eigenvalue weighted by atomic mass is 10.0. The van der Waals surface area contributed by atoms with Crippen molar-refractivity contribution in [2.45, 2.75) is 33.8 Å². The molecule has 1 aromatic rings. The van der Waals surface area contributed by atoms with E-state index in [4.69, 9.17) is 15.7 Å². The largest absolute Gasteiger partial charge is 0.397 e. The molecule has 4 nitrogen and oxygen atoms in total. The van der Waals surface area contributed by atoms with Gasteiger partial charge in [-0.15, -0.1) is 0 Å². The highest BCUT2D eigenvalue weighted by atomic mass is 16.5. The second-order valence-corrected chi connectivity index (χ2v) is 3.08. The van der Waals surface area contributed by atoms with Crippen LogP contribution in [0.4, 0.5) is 5.69 Å². The lowest BCUT2D eigenvalue weighted by Crippen LogP contribution is -2.07. The SMILES string of the molecule is CC.COC(C)c1c(N)cnc(C)c1C#N. The Bertz CT molecular complexity index is 383. The highest BCUT2D eigenvalue weighted by Gasteiger charge is 2.16. The average molecular weight is 221 g/mol. The van der Waals surface area contributed by atoms with Gasteiger partial charge >= 0.3 is 0 Å². The van der Waals surface area contributed by atoms with Crippen molar-refractivity contribution in [1.29, 1.82) is 5.26 Å². The van der Waals surface area contributed by atoms with E-state index in [-0.39, 0.29) is 6.10 Å². The smallest absolute Gasteiger partial charge is 0.102 e. The topological polar surface area (TPSA) is 71.9 Å². The van der Waals surface area contributed by atoms with Gasteiger partial charge in [0.1, 0.15) is 6.07 Å². The molecule has 16 heavy (non-hydrogen) atoms. The van der Waals surface area contributed by atoms with E-state index in [0.717, 1.165) is 5.56 Å². The Morgan fingerprint density at radius 1 is 1.50 bits per heavy atom. The summed E-state index contributed by atoms with van der Waals surface area (Å²) in [6.07, 6.45) is 1.37. The zero-order valence-electron chi connectivity index (χ0n) is 10.5. The number of aromatic nitrogens is 1. The molecule has 0 bridgehead atoms. The summed E-state index contributed by atoms with van der Waals surface area (Å²) in [5.41, 5.74) is 8.17. The second-order valence-electron chi connectivity index (χ2n) is 3.08. The van der Waals surface area contributed by atoms with E-state index in [1.807, 2.05) is 20.8 Å².